The third kappa shape index (κ3) is 5.17. The van der Waals surface area contributed by atoms with Crippen LogP contribution in [0.2, 0.25) is 0 Å². The third-order valence-corrected chi connectivity index (χ3v) is 6.96. The van der Waals surface area contributed by atoms with E-state index in [4.69, 9.17) is 0 Å². The SMILES string of the molecule is CC(=O)N(Cc1cccnc1)C1CCCN(S(=O)(=O)Cc2ccc(C)cc2)C1. The maximum atomic E-state index is 12.9. The molecule has 1 aliphatic heterocycles. The number of aryl methyl sites for hydroxylation is 1. The van der Waals surface area contributed by atoms with Crippen molar-refractivity contribution in [3.05, 3.63) is 65.5 Å². The van der Waals surface area contributed by atoms with Gasteiger partial charge in [-0.1, -0.05) is 35.9 Å². The molecule has 1 aromatic heterocycles. The van der Waals surface area contributed by atoms with Gasteiger partial charge in [0.05, 0.1) is 5.75 Å². The van der Waals surface area contributed by atoms with Crippen molar-refractivity contribution in [3.63, 3.8) is 0 Å². The monoisotopic (exact) mass is 401 g/mol. The molecule has 28 heavy (non-hydrogen) atoms. The van der Waals surface area contributed by atoms with Crippen LogP contribution in [0.1, 0.15) is 36.5 Å². The zero-order valence-electron chi connectivity index (χ0n) is 16.4. The largest absolute Gasteiger partial charge is 0.334 e. The number of sulfonamides is 1. The molecule has 0 N–H and O–H groups in total. The first-order valence-corrected chi connectivity index (χ1v) is 11.2. The molecule has 1 atom stereocenters. The van der Waals surface area contributed by atoms with Crippen molar-refractivity contribution in [2.45, 2.75) is 45.0 Å². The van der Waals surface area contributed by atoms with Crippen LogP contribution in [0.4, 0.5) is 0 Å². The minimum atomic E-state index is -3.43. The van der Waals surface area contributed by atoms with Crippen molar-refractivity contribution < 1.29 is 13.2 Å². The van der Waals surface area contributed by atoms with E-state index in [9.17, 15) is 13.2 Å². The first-order chi connectivity index (χ1) is 13.3. The number of hydrogen-bond donors (Lipinski definition) is 0. The molecule has 150 valence electrons. The highest BCUT2D eigenvalue weighted by Crippen LogP contribution is 2.22. The molecule has 1 amide bonds. The van der Waals surface area contributed by atoms with E-state index in [0.717, 1.165) is 29.5 Å². The summed E-state index contributed by atoms with van der Waals surface area (Å²) < 4.78 is 27.4. The van der Waals surface area contributed by atoms with Gasteiger partial charge in [0.15, 0.2) is 0 Å². The van der Waals surface area contributed by atoms with Gasteiger partial charge in [0.1, 0.15) is 0 Å². The van der Waals surface area contributed by atoms with E-state index in [2.05, 4.69) is 4.98 Å². The van der Waals surface area contributed by atoms with Crippen LogP contribution in [0.3, 0.4) is 0 Å². The van der Waals surface area contributed by atoms with Crippen molar-refractivity contribution in [2.75, 3.05) is 13.1 Å². The molecule has 2 aromatic rings. The Balaban J connectivity index is 1.72. The molecule has 7 heteroatoms. The van der Waals surface area contributed by atoms with Crippen LogP contribution in [-0.2, 0) is 27.1 Å². The van der Waals surface area contributed by atoms with Gasteiger partial charge < -0.3 is 4.90 Å². The fourth-order valence-corrected chi connectivity index (χ4v) is 5.20. The minimum Gasteiger partial charge on any atom is -0.334 e. The van der Waals surface area contributed by atoms with Gasteiger partial charge in [-0.3, -0.25) is 9.78 Å². The van der Waals surface area contributed by atoms with Gasteiger partial charge in [-0.25, -0.2) is 8.42 Å². The topological polar surface area (TPSA) is 70.6 Å². The Morgan fingerprint density at radius 3 is 2.61 bits per heavy atom. The number of nitrogens with zero attached hydrogens (tertiary/aromatic N) is 3. The lowest BCUT2D eigenvalue weighted by atomic mass is 10.0. The molecule has 0 radical (unpaired) electrons. The summed E-state index contributed by atoms with van der Waals surface area (Å²) in [6.07, 6.45) is 4.98. The number of carbonyl (C=O) groups is 1. The Bertz CT molecular complexity index is 898. The lowest BCUT2D eigenvalue weighted by Crippen LogP contribution is -2.51. The predicted molar refractivity (Wildman–Crippen MR) is 109 cm³/mol. The third-order valence-electron chi connectivity index (χ3n) is 5.14. The summed E-state index contributed by atoms with van der Waals surface area (Å²) >= 11 is 0. The van der Waals surface area contributed by atoms with Gasteiger partial charge in [0.2, 0.25) is 15.9 Å². The van der Waals surface area contributed by atoms with E-state index in [-0.39, 0.29) is 17.7 Å². The van der Waals surface area contributed by atoms with Crippen molar-refractivity contribution in [2.24, 2.45) is 0 Å². The molecule has 1 aliphatic rings. The van der Waals surface area contributed by atoms with Gasteiger partial charge in [-0.2, -0.15) is 4.31 Å². The van der Waals surface area contributed by atoms with Crippen LogP contribution in [-0.4, -0.2) is 47.6 Å². The second-order valence-corrected chi connectivity index (χ2v) is 9.37. The summed E-state index contributed by atoms with van der Waals surface area (Å²) in [5.74, 6) is -0.0606. The fourth-order valence-electron chi connectivity index (χ4n) is 3.60. The number of benzene rings is 1. The maximum Gasteiger partial charge on any atom is 0.220 e. The van der Waals surface area contributed by atoms with Crippen LogP contribution in [0.5, 0.6) is 0 Å². The van der Waals surface area contributed by atoms with E-state index < -0.39 is 10.0 Å². The number of rotatable bonds is 6. The predicted octanol–water partition coefficient (Wildman–Crippen LogP) is 2.73. The molecule has 1 saturated heterocycles. The molecule has 2 heterocycles. The molecular weight excluding hydrogens is 374 g/mol. The number of hydrogen-bond acceptors (Lipinski definition) is 4. The number of aromatic nitrogens is 1. The Hall–Kier alpha value is -2.25. The summed E-state index contributed by atoms with van der Waals surface area (Å²) in [7, 11) is -3.43. The standard InChI is InChI=1S/C21H27N3O3S/c1-17-7-9-19(10-8-17)16-28(26,27)23-12-4-6-21(15-23)24(18(2)25)14-20-5-3-11-22-13-20/h3,5,7-11,13,21H,4,6,12,14-16H2,1-2H3. The zero-order valence-corrected chi connectivity index (χ0v) is 17.2. The quantitative estimate of drug-likeness (QED) is 0.746. The van der Waals surface area contributed by atoms with Gasteiger partial charge >= 0.3 is 0 Å². The molecule has 3 rings (SSSR count). The Kier molecular flexibility index (Phi) is 6.46. The van der Waals surface area contributed by atoms with Crippen molar-refractivity contribution in [1.82, 2.24) is 14.2 Å². The normalized spacial score (nSPS) is 18.0. The van der Waals surface area contributed by atoms with E-state index >= 15 is 0 Å². The van der Waals surface area contributed by atoms with Crippen molar-refractivity contribution in [1.29, 1.82) is 0 Å². The molecule has 0 saturated carbocycles. The number of pyridine rings is 1. The highest BCUT2D eigenvalue weighted by Gasteiger charge is 2.33. The molecule has 6 nitrogen and oxygen atoms in total. The summed E-state index contributed by atoms with van der Waals surface area (Å²) in [4.78, 5) is 18.1. The van der Waals surface area contributed by atoms with E-state index in [1.807, 2.05) is 43.3 Å². The molecule has 1 aromatic carbocycles. The Labute approximate surface area is 167 Å². The van der Waals surface area contributed by atoms with Gasteiger partial charge in [-0.05, 0) is 37.0 Å². The number of carbonyl (C=O) groups excluding carboxylic acids is 1. The highest BCUT2D eigenvalue weighted by molar-refractivity contribution is 7.88. The smallest absolute Gasteiger partial charge is 0.220 e. The van der Waals surface area contributed by atoms with Crippen LogP contribution >= 0.6 is 0 Å². The van der Waals surface area contributed by atoms with Gasteiger partial charge in [0, 0.05) is 45.0 Å². The lowest BCUT2D eigenvalue weighted by Gasteiger charge is -2.38. The van der Waals surface area contributed by atoms with Crippen LogP contribution in [0.15, 0.2) is 48.8 Å². The van der Waals surface area contributed by atoms with Crippen molar-refractivity contribution >= 4 is 15.9 Å². The second kappa shape index (κ2) is 8.84. The van der Waals surface area contributed by atoms with Crippen LogP contribution in [0, 0.1) is 6.92 Å². The summed E-state index contributed by atoms with van der Waals surface area (Å²) in [6, 6.07) is 11.2. The summed E-state index contributed by atoms with van der Waals surface area (Å²) in [5.41, 5.74) is 2.83. The summed E-state index contributed by atoms with van der Waals surface area (Å²) in [6.45, 7) is 4.80. The fraction of sp³-hybridized carbons (Fsp3) is 0.429. The van der Waals surface area contributed by atoms with Gasteiger partial charge in [0.25, 0.3) is 0 Å². The Morgan fingerprint density at radius 1 is 1.21 bits per heavy atom. The lowest BCUT2D eigenvalue weighted by molar-refractivity contribution is -0.132. The molecule has 1 fully saturated rings. The van der Waals surface area contributed by atoms with E-state index in [0.29, 0.717) is 19.6 Å². The molecular formula is C21H27N3O3S. The maximum absolute atomic E-state index is 12.9. The average molecular weight is 402 g/mol. The summed E-state index contributed by atoms with van der Waals surface area (Å²) in [5, 5.41) is 0. The average Bonchev–Trinajstić information content (AvgIpc) is 2.68. The van der Waals surface area contributed by atoms with Gasteiger partial charge in [-0.15, -0.1) is 0 Å². The second-order valence-electron chi connectivity index (χ2n) is 7.40. The molecule has 0 spiro atoms. The van der Waals surface area contributed by atoms with Crippen LogP contribution < -0.4 is 0 Å². The minimum absolute atomic E-state index is 0.0112. The van der Waals surface area contributed by atoms with Crippen LogP contribution in [0.25, 0.3) is 0 Å². The molecule has 1 unspecified atom stereocenters. The zero-order chi connectivity index (χ0) is 20.1. The molecule has 0 aliphatic carbocycles. The Morgan fingerprint density at radius 2 is 1.96 bits per heavy atom. The highest BCUT2D eigenvalue weighted by atomic mass is 32.2. The first kappa shape index (κ1) is 20.5. The number of piperidine rings is 1. The van der Waals surface area contributed by atoms with E-state index in [1.54, 1.807) is 21.6 Å². The molecule has 0 bridgehead atoms. The first-order valence-electron chi connectivity index (χ1n) is 9.54. The van der Waals surface area contributed by atoms with E-state index in [1.165, 1.54) is 6.92 Å². The van der Waals surface area contributed by atoms with Crippen molar-refractivity contribution in [3.8, 4) is 0 Å². The number of amides is 1.